The Kier molecular flexibility index (Phi) is 4.56. The molecule has 3 atom stereocenters. The molecule has 1 N–H and O–H groups in total. The second-order valence-corrected chi connectivity index (χ2v) is 6.48. The Hall–Kier alpha value is -2.54. The Balaban J connectivity index is 1.45. The van der Waals surface area contributed by atoms with Crippen LogP contribution in [0.4, 0.5) is 5.95 Å². The van der Waals surface area contributed by atoms with Gasteiger partial charge in [-0.15, -0.1) is 0 Å². The van der Waals surface area contributed by atoms with Crippen molar-refractivity contribution in [3.05, 3.63) is 48.5 Å². The predicted molar refractivity (Wildman–Crippen MR) is 91.7 cm³/mol. The van der Waals surface area contributed by atoms with Gasteiger partial charge >= 0.3 is 0 Å². The van der Waals surface area contributed by atoms with Crippen molar-refractivity contribution in [2.24, 2.45) is 5.92 Å². The van der Waals surface area contributed by atoms with Crippen molar-refractivity contribution in [3.8, 4) is 0 Å². The maximum Gasteiger partial charge on any atom is 0.225 e. The molecule has 0 spiro atoms. The van der Waals surface area contributed by atoms with Crippen molar-refractivity contribution in [1.29, 1.82) is 0 Å². The van der Waals surface area contributed by atoms with Gasteiger partial charge in [0.2, 0.25) is 11.9 Å². The first-order chi connectivity index (χ1) is 12.3. The normalized spacial score (nSPS) is 25.4. The Morgan fingerprint density at radius 3 is 2.96 bits per heavy atom. The van der Waals surface area contributed by atoms with Crippen molar-refractivity contribution >= 4 is 11.9 Å². The number of ether oxygens (including phenoxy) is 1. The van der Waals surface area contributed by atoms with Gasteiger partial charge in [-0.2, -0.15) is 0 Å². The van der Waals surface area contributed by atoms with E-state index in [4.69, 9.17) is 4.74 Å². The molecule has 7 nitrogen and oxygen atoms in total. The van der Waals surface area contributed by atoms with Crippen LogP contribution in [0.25, 0.3) is 0 Å². The molecule has 2 aliphatic rings. The summed E-state index contributed by atoms with van der Waals surface area (Å²) in [7, 11) is 0. The average molecular weight is 339 g/mol. The van der Waals surface area contributed by atoms with Gasteiger partial charge in [0.15, 0.2) is 0 Å². The van der Waals surface area contributed by atoms with E-state index < -0.39 is 0 Å². The molecule has 1 amide bonds. The van der Waals surface area contributed by atoms with E-state index in [0.717, 1.165) is 25.0 Å². The molecule has 4 rings (SSSR count). The van der Waals surface area contributed by atoms with E-state index in [1.165, 1.54) is 0 Å². The number of carbonyl (C=O) groups excluding carboxylic acids is 1. The number of fused-ring (bicyclic) bond motifs is 1. The second kappa shape index (κ2) is 7.14. The van der Waals surface area contributed by atoms with Crippen LogP contribution in [0, 0.1) is 5.92 Å². The molecule has 2 fully saturated rings. The topological polar surface area (TPSA) is 80.2 Å². The SMILES string of the molecule is O=C(NCc1cccnc1)[C@@H]1C[C@@H]2OCC[C@@H]2N(c2ncccn2)C1. The van der Waals surface area contributed by atoms with E-state index in [-0.39, 0.29) is 24.0 Å². The maximum atomic E-state index is 12.7. The van der Waals surface area contributed by atoms with E-state index in [1.807, 2.05) is 12.1 Å². The molecule has 2 aromatic rings. The minimum atomic E-state index is -0.139. The lowest BCUT2D eigenvalue weighted by atomic mass is 9.89. The minimum Gasteiger partial charge on any atom is -0.376 e. The molecule has 130 valence electrons. The van der Waals surface area contributed by atoms with Gasteiger partial charge in [-0.1, -0.05) is 6.07 Å². The summed E-state index contributed by atoms with van der Waals surface area (Å²) < 4.78 is 5.86. The van der Waals surface area contributed by atoms with Crippen LogP contribution >= 0.6 is 0 Å². The van der Waals surface area contributed by atoms with Crippen LogP contribution in [0.1, 0.15) is 18.4 Å². The van der Waals surface area contributed by atoms with Crippen LogP contribution in [0.3, 0.4) is 0 Å². The summed E-state index contributed by atoms with van der Waals surface area (Å²) in [6, 6.07) is 5.88. The van der Waals surface area contributed by atoms with Gasteiger partial charge in [0.05, 0.1) is 18.1 Å². The molecule has 0 aromatic carbocycles. The summed E-state index contributed by atoms with van der Waals surface area (Å²) in [6.07, 6.45) is 8.72. The van der Waals surface area contributed by atoms with Gasteiger partial charge in [-0.05, 0) is 30.5 Å². The highest BCUT2D eigenvalue weighted by Gasteiger charge is 2.43. The van der Waals surface area contributed by atoms with Crippen molar-refractivity contribution < 1.29 is 9.53 Å². The van der Waals surface area contributed by atoms with Gasteiger partial charge < -0.3 is 15.0 Å². The molecule has 0 aliphatic carbocycles. The molecular weight excluding hydrogens is 318 g/mol. The quantitative estimate of drug-likeness (QED) is 0.901. The van der Waals surface area contributed by atoms with Gasteiger partial charge in [0.1, 0.15) is 0 Å². The van der Waals surface area contributed by atoms with Crippen LogP contribution in [-0.2, 0) is 16.1 Å². The van der Waals surface area contributed by atoms with E-state index >= 15 is 0 Å². The molecule has 0 radical (unpaired) electrons. The molecule has 2 aromatic heterocycles. The maximum absolute atomic E-state index is 12.7. The van der Waals surface area contributed by atoms with Gasteiger partial charge in [0.25, 0.3) is 0 Å². The number of hydrogen-bond acceptors (Lipinski definition) is 6. The average Bonchev–Trinajstić information content (AvgIpc) is 3.15. The third kappa shape index (κ3) is 3.46. The van der Waals surface area contributed by atoms with Crippen molar-refractivity contribution in [3.63, 3.8) is 0 Å². The van der Waals surface area contributed by atoms with Crippen molar-refractivity contribution in [2.75, 3.05) is 18.1 Å². The first kappa shape index (κ1) is 16.0. The number of nitrogens with one attached hydrogen (secondary N) is 1. The van der Waals surface area contributed by atoms with Crippen molar-refractivity contribution in [1.82, 2.24) is 20.3 Å². The highest BCUT2D eigenvalue weighted by atomic mass is 16.5. The minimum absolute atomic E-state index is 0.0405. The molecule has 2 aliphatic heterocycles. The zero-order valence-corrected chi connectivity index (χ0v) is 13.9. The smallest absolute Gasteiger partial charge is 0.225 e. The first-order valence-corrected chi connectivity index (χ1v) is 8.63. The van der Waals surface area contributed by atoms with Gasteiger partial charge in [0, 0.05) is 44.5 Å². The highest BCUT2D eigenvalue weighted by molar-refractivity contribution is 5.79. The number of pyridine rings is 1. The van der Waals surface area contributed by atoms with E-state index in [0.29, 0.717) is 19.0 Å². The lowest BCUT2D eigenvalue weighted by Crippen LogP contribution is -2.53. The summed E-state index contributed by atoms with van der Waals surface area (Å²) in [5.74, 6) is 0.575. The fourth-order valence-corrected chi connectivity index (χ4v) is 3.64. The Bertz CT molecular complexity index is 712. The number of aromatic nitrogens is 3. The molecule has 0 unspecified atom stereocenters. The number of rotatable bonds is 4. The number of nitrogens with zero attached hydrogens (tertiary/aromatic N) is 4. The number of hydrogen-bond donors (Lipinski definition) is 1. The summed E-state index contributed by atoms with van der Waals surface area (Å²) in [6.45, 7) is 1.83. The zero-order valence-electron chi connectivity index (χ0n) is 13.9. The fraction of sp³-hybridized carbons (Fsp3) is 0.444. The third-order valence-electron chi connectivity index (χ3n) is 4.88. The summed E-state index contributed by atoms with van der Waals surface area (Å²) >= 11 is 0. The number of anilines is 1. The Morgan fingerprint density at radius 1 is 1.28 bits per heavy atom. The first-order valence-electron chi connectivity index (χ1n) is 8.63. The van der Waals surface area contributed by atoms with Gasteiger partial charge in [-0.3, -0.25) is 9.78 Å². The lowest BCUT2D eigenvalue weighted by molar-refractivity contribution is -0.126. The van der Waals surface area contributed by atoms with E-state index in [1.54, 1.807) is 30.9 Å². The zero-order chi connectivity index (χ0) is 17.1. The van der Waals surface area contributed by atoms with Crippen LogP contribution in [0.15, 0.2) is 43.0 Å². The largest absolute Gasteiger partial charge is 0.376 e. The standard InChI is InChI=1S/C18H21N5O2/c24-17(22-11-13-3-1-5-19-10-13)14-9-16-15(4-8-25-16)23(12-14)18-20-6-2-7-21-18/h1-3,5-7,10,14-16H,4,8-9,11-12H2,(H,22,24)/t14-,15+,16+/m1/s1. The Labute approximate surface area is 146 Å². The lowest BCUT2D eigenvalue weighted by Gasteiger charge is -2.40. The molecular formula is C18H21N5O2. The van der Waals surface area contributed by atoms with Crippen molar-refractivity contribution in [2.45, 2.75) is 31.5 Å². The third-order valence-corrected chi connectivity index (χ3v) is 4.88. The van der Waals surface area contributed by atoms with E-state index in [9.17, 15) is 4.79 Å². The molecule has 7 heteroatoms. The summed E-state index contributed by atoms with van der Waals surface area (Å²) in [5.41, 5.74) is 0.991. The fourth-order valence-electron chi connectivity index (χ4n) is 3.64. The molecule has 2 saturated heterocycles. The number of carbonyl (C=O) groups is 1. The predicted octanol–water partition coefficient (Wildman–Crippen LogP) is 1.17. The van der Waals surface area contributed by atoms with Crippen LogP contribution in [0.5, 0.6) is 0 Å². The number of amides is 1. The molecule has 4 heterocycles. The molecule has 0 saturated carbocycles. The second-order valence-electron chi connectivity index (χ2n) is 6.48. The number of piperidine rings is 1. The van der Waals surface area contributed by atoms with Crippen LogP contribution < -0.4 is 10.2 Å². The van der Waals surface area contributed by atoms with Gasteiger partial charge in [-0.25, -0.2) is 9.97 Å². The summed E-state index contributed by atoms with van der Waals surface area (Å²) in [5, 5.41) is 3.02. The molecule has 0 bridgehead atoms. The summed E-state index contributed by atoms with van der Waals surface area (Å²) in [4.78, 5) is 27.6. The molecule has 25 heavy (non-hydrogen) atoms. The van der Waals surface area contributed by atoms with Crippen LogP contribution in [-0.4, -0.2) is 46.2 Å². The monoisotopic (exact) mass is 339 g/mol. The van der Waals surface area contributed by atoms with Crippen LogP contribution in [0.2, 0.25) is 0 Å². The highest BCUT2D eigenvalue weighted by Crippen LogP contribution is 2.33. The Morgan fingerprint density at radius 2 is 2.16 bits per heavy atom. The van der Waals surface area contributed by atoms with E-state index in [2.05, 4.69) is 25.2 Å².